The summed E-state index contributed by atoms with van der Waals surface area (Å²) in [4.78, 5) is 50.0. The van der Waals surface area contributed by atoms with Crippen LogP contribution in [0.2, 0.25) is 0 Å². The second-order valence-electron chi connectivity index (χ2n) is 12.8. The van der Waals surface area contributed by atoms with Crippen LogP contribution in [0.1, 0.15) is 64.4 Å². The highest BCUT2D eigenvalue weighted by atomic mass is 16.5. The largest absolute Gasteiger partial charge is 0.497 e. The van der Waals surface area contributed by atoms with Gasteiger partial charge in [0.05, 0.1) is 19.6 Å². The number of ketones is 2. The van der Waals surface area contributed by atoms with E-state index < -0.39 is 40.9 Å². The minimum atomic E-state index is -1.73. The van der Waals surface area contributed by atoms with Gasteiger partial charge in [-0.15, -0.1) is 0 Å². The molecule has 3 fully saturated rings. The molecule has 5 rings (SSSR count). The van der Waals surface area contributed by atoms with Crippen molar-refractivity contribution in [2.75, 3.05) is 13.7 Å². The molecular weight excluding hydrogens is 538 g/mol. The van der Waals surface area contributed by atoms with Crippen LogP contribution in [-0.4, -0.2) is 59.1 Å². The van der Waals surface area contributed by atoms with Gasteiger partial charge >= 0.3 is 5.97 Å². The van der Waals surface area contributed by atoms with Gasteiger partial charge in [0, 0.05) is 29.7 Å². The number of ether oxygens (including phenoxy) is 2. The average molecular weight is 580 g/mol. The van der Waals surface area contributed by atoms with Gasteiger partial charge in [0.25, 0.3) is 0 Å². The van der Waals surface area contributed by atoms with Crippen LogP contribution >= 0.6 is 0 Å². The van der Waals surface area contributed by atoms with Crippen molar-refractivity contribution in [3.8, 4) is 5.75 Å². The van der Waals surface area contributed by atoms with Crippen molar-refractivity contribution in [3.05, 3.63) is 53.6 Å². The lowest BCUT2D eigenvalue weighted by Crippen LogP contribution is -2.61. The van der Waals surface area contributed by atoms with Crippen molar-refractivity contribution in [1.29, 1.82) is 0 Å². The number of hydrogen-bond acceptors (Lipinski definition) is 8. The monoisotopic (exact) mass is 579 g/mol. The molecule has 0 heterocycles. The third-order valence-corrected chi connectivity index (χ3v) is 10.7. The Balaban J connectivity index is 1.15. The number of benzene rings is 1. The summed E-state index contributed by atoms with van der Waals surface area (Å²) in [6.07, 6.45) is 6.81. The number of rotatable bonds is 9. The first kappa shape index (κ1) is 30.2. The lowest BCUT2D eigenvalue weighted by molar-refractivity contribution is -0.181. The van der Waals surface area contributed by atoms with Crippen LogP contribution in [0.15, 0.2) is 48.1 Å². The van der Waals surface area contributed by atoms with E-state index in [1.54, 1.807) is 31.4 Å². The Hall–Kier alpha value is -3.30. The molecule has 4 aliphatic carbocycles. The zero-order valence-corrected chi connectivity index (χ0v) is 24.6. The minimum Gasteiger partial charge on any atom is -0.497 e. The molecule has 226 valence electrons. The zero-order valence-electron chi connectivity index (χ0n) is 24.6. The van der Waals surface area contributed by atoms with Gasteiger partial charge in [-0.3, -0.25) is 19.2 Å². The first-order valence-corrected chi connectivity index (χ1v) is 14.8. The van der Waals surface area contributed by atoms with E-state index in [0.717, 1.165) is 24.0 Å². The van der Waals surface area contributed by atoms with Gasteiger partial charge in [-0.25, -0.2) is 0 Å². The number of carbonyl (C=O) groups is 4. The Morgan fingerprint density at radius 2 is 1.83 bits per heavy atom. The number of aliphatic hydroxyl groups is 2. The Kier molecular flexibility index (Phi) is 8.20. The molecule has 0 aromatic heterocycles. The summed E-state index contributed by atoms with van der Waals surface area (Å²) in [7, 11) is 1.58. The second kappa shape index (κ2) is 11.4. The maximum Gasteiger partial charge on any atom is 0.306 e. The summed E-state index contributed by atoms with van der Waals surface area (Å²) in [5.74, 6) is -0.899. The van der Waals surface area contributed by atoms with E-state index in [9.17, 15) is 29.4 Å². The first-order chi connectivity index (χ1) is 19.9. The van der Waals surface area contributed by atoms with Crippen LogP contribution < -0.4 is 10.1 Å². The molecule has 1 aromatic rings. The highest BCUT2D eigenvalue weighted by Crippen LogP contribution is 2.67. The number of fused-ring (bicyclic) bond motifs is 5. The fourth-order valence-electron chi connectivity index (χ4n) is 8.37. The topological polar surface area (TPSA) is 139 Å². The summed E-state index contributed by atoms with van der Waals surface area (Å²) in [5.41, 5.74) is -1.10. The molecule has 9 nitrogen and oxygen atoms in total. The second-order valence-corrected chi connectivity index (χ2v) is 12.8. The molecule has 0 aliphatic heterocycles. The molecule has 4 aliphatic rings. The molecule has 0 bridgehead atoms. The van der Waals surface area contributed by atoms with Crippen molar-refractivity contribution in [2.45, 2.75) is 77.0 Å². The lowest BCUT2D eigenvalue weighted by atomic mass is 9.46. The number of aliphatic hydroxyl groups excluding tert-OH is 1. The van der Waals surface area contributed by atoms with E-state index in [0.29, 0.717) is 18.7 Å². The smallest absolute Gasteiger partial charge is 0.306 e. The van der Waals surface area contributed by atoms with Gasteiger partial charge in [-0.1, -0.05) is 37.6 Å². The summed E-state index contributed by atoms with van der Waals surface area (Å²) in [6.45, 7) is 3.69. The molecule has 42 heavy (non-hydrogen) atoms. The quantitative estimate of drug-likeness (QED) is 0.379. The summed E-state index contributed by atoms with van der Waals surface area (Å²) < 4.78 is 10.3. The van der Waals surface area contributed by atoms with Gasteiger partial charge in [0.15, 0.2) is 12.4 Å². The molecule has 0 spiro atoms. The Bertz CT molecular complexity index is 1320. The number of methoxy groups -OCH3 is 1. The van der Waals surface area contributed by atoms with E-state index in [1.165, 1.54) is 0 Å². The van der Waals surface area contributed by atoms with Crippen LogP contribution in [0.4, 0.5) is 0 Å². The number of allylic oxidation sites excluding steroid dienone is 4. The van der Waals surface area contributed by atoms with Crippen LogP contribution in [0.5, 0.6) is 5.75 Å². The van der Waals surface area contributed by atoms with Gasteiger partial charge < -0.3 is 25.0 Å². The molecule has 3 N–H and O–H groups in total. The van der Waals surface area contributed by atoms with Crippen LogP contribution in [0, 0.1) is 28.6 Å². The fourth-order valence-corrected chi connectivity index (χ4v) is 8.37. The molecule has 9 heteroatoms. The van der Waals surface area contributed by atoms with Crippen LogP contribution in [0.3, 0.4) is 0 Å². The molecule has 1 amide bonds. The number of esters is 1. The summed E-state index contributed by atoms with van der Waals surface area (Å²) in [5, 5.41) is 26.0. The highest BCUT2D eigenvalue weighted by Gasteiger charge is 2.68. The van der Waals surface area contributed by atoms with Crippen LogP contribution in [-0.2, 0) is 30.5 Å². The van der Waals surface area contributed by atoms with Crippen molar-refractivity contribution < 1.29 is 38.9 Å². The SMILES string of the molecule is COc1ccc(CNC(=O)CCC(=O)OCC(=O)[C@@]2(O)CC[C@@H]3[C@@H]4CCC5=CC(=O)C=C[C@]5(C)[C@@H]4[C@@H](O)C[C@@]32C)cc1. The van der Waals surface area contributed by atoms with E-state index in [4.69, 9.17) is 9.47 Å². The van der Waals surface area contributed by atoms with E-state index in [2.05, 4.69) is 12.2 Å². The van der Waals surface area contributed by atoms with Crippen molar-refractivity contribution >= 4 is 23.4 Å². The number of amides is 1. The molecule has 0 radical (unpaired) electrons. The molecular formula is C33H41NO8. The average Bonchev–Trinajstić information content (AvgIpc) is 3.24. The predicted octanol–water partition coefficient (Wildman–Crippen LogP) is 3.21. The van der Waals surface area contributed by atoms with Crippen molar-refractivity contribution in [2.24, 2.45) is 28.6 Å². The Morgan fingerprint density at radius 3 is 2.55 bits per heavy atom. The normalized spacial score (nSPS) is 34.9. The predicted molar refractivity (Wildman–Crippen MR) is 153 cm³/mol. The maximum absolute atomic E-state index is 13.4. The Labute approximate surface area is 246 Å². The lowest BCUT2D eigenvalue weighted by Gasteiger charge is -2.59. The molecule has 0 saturated heterocycles. The first-order valence-electron chi connectivity index (χ1n) is 14.8. The highest BCUT2D eigenvalue weighted by molar-refractivity contribution is 6.01. The summed E-state index contributed by atoms with van der Waals surface area (Å²) >= 11 is 0. The maximum atomic E-state index is 13.4. The fraction of sp³-hybridized carbons (Fsp3) is 0.576. The van der Waals surface area contributed by atoms with Gasteiger partial charge in [0.2, 0.25) is 11.7 Å². The Morgan fingerprint density at radius 1 is 1.10 bits per heavy atom. The summed E-state index contributed by atoms with van der Waals surface area (Å²) in [6, 6.07) is 7.26. The van der Waals surface area contributed by atoms with Crippen LogP contribution in [0.25, 0.3) is 0 Å². The molecule has 0 unspecified atom stereocenters. The van der Waals surface area contributed by atoms with Crippen molar-refractivity contribution in [3.63, 3.8) is 0 Å². The number of carbonyl (C=O) groups excluding carboxylic acids is 4. The third kappa shape index (κ3) is 5.22. The number of hydrogen-bond donors (Lipinski definition) is 3. The van der Waals surface area contributed by atoms with E-state index in [1.807, 2.05) is 25.1 Å². The number of Topliss-reactive ketones (excluding diaryl/α,β-unsaturated/α-hetero) is 1. The molecule has 3 saturated carbocycles. The third-order valence-electron chi connectivity index (χ3n) is 10.7. The van der Waals surface area contributed by atoms with Gasteiger partial charge in [-0.05, 0) is 73.8 Å². The van der Waals surface area contributed by atoms with Gasteiger partial charge in [0.1, 0.15) is 11.4 Å². The zero-order chi connectivity index (χ0) is 30.3. The van der Waals surface area contributed by atoms with E-state index >= 15 is 0 Å². The standard InChI is InChI=1S/C33H41NO8/c1-31-14-12-22(35)16-21(31)6-9-24-25-13-15-33(40,32(25,2)17-26(36)30(24)31)27(37)19-42-29(39)11-10-28(38)34-18-20-4-7-23(41-3)8-5-20/h4-5,7-8,12,14,16,24-26,30,36,40H,6,9-11,13,15,17-19H2,1-3H3,(H,34,38)/t24-,25+,26-,30-,31-,32-,33-/m0/s1. The van der Waals surface area contributed by atoms with Gasteiger partial charge in [-0.2, -0.15) is 0 Å². The van der Waals surface area contributed by atoms with E-state index in [-0.39, 0.29) is 55.1 Å². The number of nitrogens with one attached hydrogen (secondary N) is 1. The molecule has 7 atom stereocenters. The van der Waals surface area contributed by atoms with Crippen molar-refractivity contribution in [1.82, 2.24) is 5.32 Å². The molecule has 1 aromatic carbocycles. The minimum absolute atomic E-state index is 0.00866.